The Bertz CT molecular complexity index is 851. The van der Waals surface area contributed by atoms with Crippen molar-refractivity contribution in [1.82, 2.24) is 4.72 Å². The first-order chi connectivity index (χ1) is 11.3. The molecule has 7 heteroatoms. The number of anilines is 1. The zero-order chi connectivity index (χ0) is 17.7. The van der Waals surface area contributed by atoms with Crippen LogP contribution in [0.15, 0.2) is 47.4 Å². The van der Waals surface area contributed by atoms with Crippen LogP contribution in [0.5, 0.6) is 0 Å². The van der Waals surface area contributed by atoms with Crippen LogP contribution >= 0.6 is 11.6 Å². The zero-order valence-electron chi connectivity index (χ0n) is 13.5. The van der Waals surface area contributed by atoms with Crippen LogP contribution in [0, 0.1) is 13.8 Å². The molecule has 0 radical (unpaired) electrons. The van der Waals surface area contributed by atoms with Crippen molar-refractivity contribution in [3.63, 3.8) is 0 Å². The summed E-state index contributed by atoms with van der Waals surface area (Å²) in [4.78, 5) is 12.1. The van der Waals surface area contributed by atoms with E-state index in [0.717, 1.165) is 11.1 Å². The van der Waals surface area contributed by atoms with Crippen molar-refractivity contribution < 1.29 is 13.2 Å². The monoisotopic (exact) mass is 366 g/mol. The number of rotatable bonds is 6. The summed E-state index contributed by atoms with van der Waals surface area (Å²) in [6, 6.07) is 11.8. The highest BCUT2D eigenvalue weighted by atomic mass is 35.5. The second kappa shape index (κ2) is 7.79. The van der Waals surface area contributed by atoms with Gasteiger partial charge in [-0.3, -0.25) is 4.79 Å². The topological polar surface area (TPSA) is 75.3 Å². The van der Waals surface area contributed by atoms with Crippen molar-refractivity contribution in [2.75, 3.05) is 11.9 Å². The summed E-state index contributed by atoms with van der Waals surface area (Å²) >= 11 is 5.96. The van der Waals surface area contributed by atoms with Crippen LogP contribution in [0.3, 0.4) is 0 Å². The Morgan fingerprint density at radius 2 is 1.79 bits per heavy atom. The van der Waals surface area contributed by atoms with Crippen molar-refractivity contribution in [2.45, 2.75) is 25.2 Å². The van der Waals surface area contributed by atoms with Crippen LogP contribution in [0.1, 0.15) is 17.5 Å². The molecule has 1 amide bonds. The first-order valence-corrected chi connectivity index (χ1v) is 9.27. The third-order valence-electron chi connectivity index (χ3n) is 3.58. The molecule has 5 nitrogen and oxygen atoms in total. The van der Waals surface area contributed by atoms with Crippen LogP contribution in [-0.2, 0) is 14.8 Å². The molecule has 0 saturated heterocycles. The van der Waals surface area contributed by atoms with Gasteiger partial charge in [-0.2, -0.15) is 0 Å². The van der Waals surface area contributed by atoms with E-state index in [-0.39, 0.29) is 23.8 Å². The number of carbonyl (C=O) groups is 1. The first kappa shape index (κ1) is 18.4. The third-order valence-corrected chi connectivity index (χ3v) is 5.37. The van der Waals surface area contributed by atoms with E-state index in [1.54, 1.807) is 42.5 Å². The van der Waals surface area contributed by atoms with Crippen LogP contribution in [0.25, 0.3) is 0 Å². The van der Waals surface area contributed by atoms with E-state index >= 15 is 0 Å². The predicted octanol–water partition coefficient (Wildman–Crippen LogP) is 3.26. The quantitative estimate of drug-likeness (QED) is 0.823. The Morgan fingerprint density at radius 3 is 2.46 bits per heavy atom. The Morgan fingerprint density at radius 1 is 1.08 bits per heavy atom. The van der Waals surface area contributed by atoms with Crippen molar-refractivity contribution in [3.05, 3.63) is 58.6 Å². The summed E-state index contributed by atoms with van der Waals surface area (Å²) in [6.45, 7) is 3.77. The molecule has 24 heavy (non-hydrogen) atoms. The minimum absolute atomic E-state index is 0.00550. The van der Waals surface area contributed by atoms with Crippen LogP contribution in [0.2, 0.25) is 5.02 Å². The van der Waals surface area contributed by atoms with Crippen molar-refractivity contribution in [3.8, 4) is 0 Å². The molecule has 0 aliphatic rings. The van der Waals surface area contributed by atoms with Crippen LogP contribution < -0.4 is 10.0 Å². The highest BCUT2D eigenvalue weighted by Gasteiger charge is 2.15. The minimum atomic E-state index is -3.63. The van der Waals surface area contributed by atoms with Gasteiger partial charge in [0.05, 0.1) is 15.6 Å². The number of nitrogens with one attached hydrogen (secondary N) is 2. The fourth-order valence-electron chi connectivity index (χ4n) is 2.04. The van der Waals surface area contributed by atoms with Gasteiger partial charge in [-0.05, 0) is 49.2 Å². The lowest BCUT2D eigenvalue weighted by Gasteiger charge is -2.09. The summed E-state index contributed by atoms with van der Waals surface area (Å²) in [5.74, 6) is -0.314. The van der Waals surface area contributed by atoms with E-state index in [9.17, 15) is 13.2 Å². The lowest BCUT2D eigenvalue weighted by molar-refractivity contribution is -0.116. The lowest BCUT2D eigenvalue weighted by Crippen LogP contribution is -2.28. The summed E-state index contributed by atoms with van der Waals surface area (Å²) in [6.07, 6.45) is 0.00922. The fourth-order valence-corrected chi connectivity index (χ4v) is 3.34. The maximum Gasteiger partial charge on any atom is 0.240 e. The average molecular weight is 367 g/mol. The van der Waals surface area contributed by atoms with Gasteiger partial charge in [-0.25, -0.2) is 13.1 Å². The number of amides is 1. The van der Waals surface area contributed by atoms with Gasteiger partial charge in [0.1, 0.15) is 0 Å². The summed E-state index contributed by atoms with van der Waals surface area (Å²) < 4.78 is 26.9. The Kier molecular flexibility index (Phi) is 5.99. The number of hydrogen-bond acceptors (Lipinski definition) is 3. The second-order valence-corrected chi connectivity index (χ2v) is 7.60. The van der Waals surface area contributed by atoms with Crippen molar-refractivity contribution in [1.29, 1.82) is 0 Å². The average Bonchev–Trinajstić information content (AvgIpc) is 2.52. The summed E-state index contributed by atoms with van der Waals surface area (Å²) in [5, 5.41) is 3.08. The smallest absolute Gasteiger partial charge is 0.240 e. The number of sulfonamides is 1. The third kappa shape index (κ3) is 4.80. The minimum Gasteiger partial charge on any atom is -0.325 e. The molecule has 0 saturated carbocycles. The van der Waals surface area contributed by atoms with Gasteiger partial charge in [-0.15, -0.1) is 0 Å². The second-order valence-electron chi connectivity index (χ2n) is 5.42. The maximum atomic E-state index is 12.2. The van der Waals surface area contributed by atoms with Gasteiger partial charge in [-0.1, -0.05) is 29.8 Å². The molecule has 0 aromatic heterocycles. The van der Waals surface area contributed by atoms with Crippen molar-refractivity contribution >= 4 is 33.2 Å². The highest BCUT2D eigenvalue weighted by Crippen LogP contribution is 2.20. The number of benzene rings is 2. The largest absolute Gasteiger partial charge is 0.325 e. The van der Waals surface area contributed by atoms with E-state index in [0.29, 0.717) is 10.7 Å². The molecule has 128 valence electrons. The molecule has 0 bridgehead atoms. The molecular formula is C17H19ClN2O3S. The molecule has 0 heterocycles. The standard InChI is InChI=1S/C17H19ClN2O3S/c1-12-7-8-14(11-13(12)2)24(22,23)19-10-9-17(21)20-16-6-4-3-5-15(16)18/h3-8,11,19H,9-10H2,1-2H3,(H,20,21). The molecule has 0 unspecified atom stereocenters. The van der Waals surface area contributed by atoms with Gasteiger partial charge in [0.15, 0.2) is 0 Å². The van der Waals surface area contributed by atoms with Crippen molar-refractivity contribution in [2.24, 2.45) is 0 Å². The Hall–Kier alpha value is -1.89. The fraction of sp³-hybridized carbons (Fsp3) is 0.235. The van der Waals surface area contributed by atoms with E-state index < -0.39 is 10.0 Å². The highest BCUT2D eigenvalue weighted by molar-refractivity contribution is 7.89. The van der Waals surface area contributed by atoms with Gasteiger partial charge in [0.2, 0.25) is 15.9 Å². The molecule has 2 rings (SSSR count). The number of aryl methyl sites for hydroxylation is 2. The van der Waals surface area contributed by atoms with Gasteiger partial charge < -0.3 is 5.32 Å². The normalized spacial score (nSPS) is 11.3. The number of halogens is 1. The molecule has 2 aromatic rings. The van der Waals surface area contributed by atoms with E-state index in [1.807, 2.05) is 13.8 Å². The van der Waals surface area contributed by atoms with Crippen LogP contribution in [0.4, 0.5) is 5.69 Å². The maximum absolute atomic E-state index is 12.2. The molecule has 0 atom stereocenters. The SMILES string of the molecule is Cc1ccc(S(=O)(=O)NCCC(=O)Nc2ccccc2Cl)cc1C. The number of para-hydroxylation sites is 1. The Labute approximate surface area is 147 Å². The van der Waals surface area contributed by atoms with E-state index in [2.05, 4.69) is 10.0 Å². The number of hydrogen-bond donors (Lipinski definition) is 2. The molecule has 0 fully saturated rings. The summed E-state index contributed by atoms with van der Waals surface area (Å²) in [7, 11) is -3.63. The van der Waals surface area contributed by atoms with E-state index in [1.165, 1.54) is 0 Å². The molecule has 2 aromatic carbocycles. The van der Waals surface area contributed by atoms with Gasteiger partial charge in [0.25, 0.3) is 0 Å². The summed E-state index contributed by atoms with van der Waals surface area (Å²) in [5.41, 5.74) is 2.42. The molecular weight excluding hydrogens is 348 g/mol. The first-order valence-electron chi connectivity index (χ1n) is 7.41. The number of carbonyl (C=O) groups excluding carboxylic acids is 1. The molecule has 2 N–H and O–H groups in total. The molecule has 0 aliphatic heterocycles. The zero-order valence-corrected chi connectivity index (χ0v) is 15.0. The predicted molar refractivity (Wildman–Crippen MR) is 95.8 cm³/mol. The van der Waals surface area contributed by atoms with Gasteiger partial charge >= 0.3 is 0 Å². The van der Waals surface area contributed by atoms with E-state index in [4.69, 9.17) is 11.6 Å². The molecule has 0 aliphatic carbocycles. The Balaban J connectivity index is 1.92. The van der Waals surface area contributed by atoms with Crippen LogP contribution in [-0.4, -0.2) is 20.9 Å². The van der Waals surface area contributed by atoms with Gasteiger partial charge in [0, 0.05) is 13.0 Å². The lowest BCUT2D eigenvalue weighted by atomic mass is 10.1. The molecule has 0 spiro atoms.